The van der Waals surface area contributed by atoms with E-state index < -0.39 is 4.92 Å². The van der Waals surface area contributed by atoms with Crippen molar-refractivity contribution in [2.75, 3.05) is 13.1 Å². The minimum absolute atomic E-state index is 0.0178. The molecule has 0 saturated carbocycles. The summed E-state index contributed by atoms with van der Waals surface area (Å²) in [6.45, 7) is 1.56. The zero-order valence-corrected chi connectivity index (χ0v) is 13.9. The maximum Gasteiger partial charge on any atom is 0.269 e. The first-order valence-corrected chi connectivity index (χ1v) is 8.46. The number of non-ortho nitro benzene ring substituents is 1. The van der Waals surface area contributed by atoms with Crippen LogP contribution in [-0.2, 0) is 4.79 Å². The third-order valence-electron chi connectivity index (χ3n) is 4.37. The van der Waals surface area contributed by atoms with Gasteiger partial charge in [-0.3, -0.25) is 14.9 Å². The van der Waals surface area contributed by atoms with Crippen molar-refractivity contribution in [3.05, 3.63) is 75.8 Å². The summed E-state index contributed by atoms with van der Waals surface area (Å²) < 4.78 is 0. The van der Waals surface area contributed by atoms with E-state index in [1.54, 1.807) is 12.1 Å². The number of nitro benzene ring substituents is 1. The lowest BCUT2D eigenvalue weighted by molar-refractivity contribution is -0.384. The molecule has 5 heteroatoms. The minimum atomic E-state index is -0.426. The van der Waals surface area contributed by atoms with Crippen LogP contribution in [0.15, 0.2) is 54.6 Å². The molecule has 0 spiro atoms. The predicted molar refractivity (Wildman–Crippen MR) is 97.8 cm³/mol. The third-order valence-corrected chi connectivity index (χ3v) is 4.37. The monoisotopic (exact) mass is 336 g/mol. The van der Waals surface area contributed by atoms with Gasteiger partial charge in [0.2, 0.25) is 0 Å². The molecule has 25 heavy (non-hydrogen) atoms. The summed E-state index contributed by atoms with van der Waals surface area (Å²) in [7, 11) is 0. The van der Waals surface area contributed by atoms with Crippen LogP contribution in [0.5, 0.6) is 0 Å². The van der Waals surface area contributed by atoms with Crippen molar-refractivity contribution in [1.29, 1.82) is 0 Å². The largest absolute Gasteiger partial charge is 0.339 e. The molecule has 1 saturated heterocycles. The zero-order valence-electron chi connectivity index (χ0n) is 13.9. The molecule has 3 rings (SSSR count). The first-order valence-electron chi connectivity index (χ1n) is 8.46. The van der Waals surface area contributed by atoms with Gasteiger partial charge in [0, 0.05) is 30.8 Å². The van der Waals surface area contributed by atoms with E-state index in [0.29, 0.717) is 5.57 Å². The van der Waals surface area contributed by atoms with Crippen molar-refractivity contribution in [2.45, 2.75) is 19.3 Å². The summed E-state index contributed by atoms with van der Waals surface area (Å²) in [4.78, 5) is 25.3. The van der Waals surface area contributed by atoms with Crippen LogP contribution in [0.3, 0.4) is 0 Å². The Hall–Kier alpha value is -2.95. The number of benzene rings is 2. The molecule has 2 aromatic rings. The van der Waals surface area contributed by atoms with Crippen molar-refractivity contribution in [3.8, 4) is 0 Å². The summed E-state index contributed by atoms with van der Waals surface area (Å²) in [6, 6.07) is 15.8. The molecular formula is C20H20N2O3. The van der Waals surface area contributed by atoms with E-state index >= 15 is 0 Å². The van der Waals surface area contributed by atoms with Crippen molar-refractivity contribution in [1.82, 2.24) is 4.90 Å². The maximum absolute atomic E-state index is 13.0. The fourth-order valence-corrected chi connectivity index (χ4v) is 3.01. The molecule has 1 aliphatic rings. The van der Waals surface area contributed by atoms with E-state index in [1.807, 2.05) is 41.3 Å². The molecule has 2 aromatic carbocycles. The molecule has 0 unspecified atom stereocenters. The highest BCUT2D eigenvalue weighted by Crippen LogP contribution is 2.24. The number of amides is 1. The van der Waals surface area contributed by atoms with Gasteiger partial charge in [-0.25, -0.2) is 0 Å². The first kappa shape index (κ1) is 16.9. The van der Waals surface area contributed by atoms with Crippen LogP contribution in [0.2, 0.25) is 0 Å². The number of rotatable bonds is 4. The van der Waals surface area contributed by atoms with Crippen molar-refractivity contribution < 1.29 is 9.72 Å². The van der Waals surface area contributed by atoms with Crippen molar-refractivity contribution in [2.24, 2.45) is 0 Å². The van der Waals surface area contributed by atoms with Crippen LogP contribution in [0.1, 0.15) is 30.4 Å². The average molecular weight is 336 g/mol. The lowest BCUT2D eigenvalue weighted by atomic mass is 10.00. The highest BCUT2D eigenvalue weighted by molar-refractivity contribution is 6.24. The molecule has 1 heterocycles. The second-order valence-electron chi connectivity index (χ2n) is 6.13. The van der Waals surface area contributed by atoms with Gasteiger partial charge in [0.15, 0.2) is 0 Å². The van der Waals surface area contributed by atoms with E-state index in [9.17, 15) is 14.9 Å². The standard InChI is InChI=1S/C20H20N2O3/c23-20(21-13-5-2-6-14-21)19(17-7-3-1-4-8-17)15-16-9-11-18(12-10-16)22(24)25/h1,3-4,7-12,15H,2,5-6,13-14H2/b19-15+. The normalized spacial score (nSPS) is 15.0. The number of piperidine rings is 1. The molecular weight excluding hydrogens is 316 g/mol. The van der Waals surface area contributed by atoms with E-state index in [0.717, 1.165) is 43.5 Å². The van der Waals surface area contributed by atoms with Gasteiger partial charge in [-0.2, -0.15) is 0 Å². The number of carbonyl (C=O) groups excluding carboxylic acids is 1. The van der Waals surface area contributed by atoms with Crippen LogP contribution in [0.4, 0.5) is 5.69 Å². The number of hydrogen-bond donors (Lipinski definition) is 0. The summed E-state index contributed by atoms with van der Waals surface area (Å²) in [5.74, 6) is 0.0178. The lowest BCUT2D eigenvalue weighted by Crippen LogP contribution is -2.36. The van der Waals surface area contributed by atoms with Crippen molar-refractivity contribution in [3.63, 3.8) is 0 Å². The molecule has 1 amide bonds. The van der Waals surface area contributed by atoms with Gasteiger partial charge in [0.25, 0.3) is 11.6 Å². The molecule has 0 radical (unpaired) electrons. The Morgan fingerprint density at radius 2 is 1.60 bits per heavy atom. The number of nitrogens with zero attached hydrogens (tertiary/aromatic N) is 2. The van der Waals surface area contributed by atoms with Crippen molar-refractivity contribution >= 4 is 23.2 Å². The van der Waals surface area contributed by atoms with E-state index in [1.165, 1.54) is 12.1 Å². The fraction of sp³-hybridized carbons (Fsp3) is 0.250. The van der Waals surface area contributed by atoms with Crippen LogP contribution in [0, 0.1) is 10.1 Å². The molecule has 0 N–H and O–H groups in total. The SMILES string of the molecule is O=C(/C(=C/c1ccc([N+](=O)[O-])cc1)c1ccccc1)N1CCCCC1. The number of carbonyl (C=O) groups is 1. The number of hydrogen-bond acceptors (Lipinski definition) is 3. The fourth-order valence-electron chi connectivity index (χ4n) is 3.01. The molecule has 0 atom stereocenters. The van der Waals surface area contributed by atoms with Gasteiger partial charge in [0.05, 0.1) is 4.92 Å². The Balaban J connectivity index is 1.95. The molecule has 5 nitrogen and oxygen atoms in total. The van der Waals surface area contributed by atoms with Gasteiger partial charge in [-0.05, 0) is 48.6 Å². The summed E-state index contributed by atoms with van der Waals surface area (Å²) in [6.07, 6.45) is 5.04. The molecule has 1 aliphatic heterocycles. The quantitative estimate of drug-likeness (QED) is 0.365. The van der Waals surface area contributed by atoms with Gasteiger partial charge in [-0.1, -0.05) is 30.3 Å². The van der Waals surface area contributed by atoms with Crippen LogP contribution in [0.25, 0.3) is 11.6 Å². The Morgan fingerprint density at radius 3 is 2.20 bits per heavy atom. The Labute approximate surface area is 146 Å². The van der Waals surface area contributed by atoms with E-state index in [-0.39, 0.29) is 11.6 Å². The third kappa shape index (κ3) is 4.12. The van der Waals surface area contributed by atoms with Gasteiger partial charge < -0.3 is 4.90 Å². The van der Waals surface area contributed by atoms with Gasteiger partial charge in [-0.15, -0.1) is 0 Å². The van der Waals surface area contributed by atoms with Gasteiger partial charge in [0.1, 0.15) is 0 Å². The maximum atomic E-state index is 13.0. The summed E-state index contributed by atoms with van der Waals surface area (Å²) in [5, 5.41) is 10.8. The summed E-state index contributed by atoms with van der Waals surface area (Å²) in [5.41, 5.74) is 2.29. The smallest absolute Gasteiger partial charge is 0.269 e. The Kier molecular flexibility index (Phi) is 5.23. The molecule has 128 valence electrons. The van der Waals surface area contributed by atoms with Crippen LogP contribution in [-0.4, -0.2) is 28.8 Å². The zero-order chi connectivity index (χ0) is 17.6. The predicted octanol–water partition coefficient (Wildman–Crippen LogP) is 4.15. The highest BCUT2D eigenvalue weighted by atomic mass is 16.6. The van der Waals surface area contributed by atoms with E-state index in [2.05, 4.69) is 0 Å². The Bertz CT molecular complexity index is 776. The minimum Gasteiger partial charge on any atom is -0.339 e. The number of likely N-dealkylation sites (tertiary alicyclic amines) is 1. The van der Waals surface area contributed by atoms with E-state index in [4.69, 9.17) is 0 Å². The summed E-state index contributed by atoms with van der Waals surface area (Å²) >= 11 is 0. The topological polar surface area (TPSA) is 63.4 Å². The van der Waals surface area contributed by atoms with Gasteiger partial charge >= 0.3 is 0 Å². The molecule has 0 bridgehead atoms. The molecule has 0 aliphatic carbocycles. The first-order chi connectivity index (χ1) is 12.1. The molecule has 1 fully saturated rings. The second-order valence-corrected chi connectivity index (χ2v) is 6.13. The van der Waals surface area contributed by atoms with Crippen LogP contribution >= 0.6 is 0 Å². The number of nitro groups is 1. The molecule has 0 aromatic heterocycles. The highest BCUT2D eigenvalue weighted by Gasteiger charge is 2.21. The average Bonchev–Trinajstić information content (AvgIpc) is 2.67. The lowest BCUT2D eigenvalue weighted by Gasteiger charge is -2.27. The second kappa shape index (κ2) is 7.75. The van der Waals surface area contributed by atoms with Crippen LogP contribution < -0.4 is 0 Å². The Morgan fingerprint density at radius 1 is 0.960 bits per heavy atom.